The second-order valence-electron chi connectivity index (χ2n) is 27.8. The van der Waals surface area contributed by atoms with Gasteiger partial charge < -0.3 is 43.8 Å². The lowest BCUT2D eigenvalue weighted by molar-refractivity contribution is -0.470. The van der Waals surface area contributed by atoms with Crippen LogP contribution in [-0.4, -0.2) is 67.5 Å². The fourth-order valence-electron chi connectivity index (χ4n) is 16.8. The maximum atomic E-state index is 12.6. The summed E-state index contributed by atoms with van der Waals surface area (Å²) < 4.78 is 5.48. The number of allylic oxidation sites excluding steroid dienone is 8. The van der Waals surface area contributed by atoms with Crippen LogP contribution in [0.15, 0.2) is 263 Å². The summed E-state index contributed by atoms with van der Waals surface area (Å²) >= 11 is 7.23. The molecule has 10 aromatic rings. The summed E-state index contributed by atoms with van der Waals surface area (Å²) in [4.78, 5) is 53.2. The van der Waals surface area contributed by atoms with Crippen molar-refractivity contribution >= 4 is 110 Å². The molecule has 0 amide bonds. The predicted octanol–water partition coefficient (Wildman–Crippen LogP) is 13.6. The van der Waals surface area contributed by atoms with Crippen LogP contribution in [0.1, 0.15) is 78.6 Å². The van der Waals surface area contributed by atoms with Crippen molar-refractivity contribution in [1.29, 1.82) is 0 Å². The standard InChI is InChI=1S/C83H72Br2N8O8.2BrH/c1-80(2)74(30-19-32-76-82(50-54-22-11-7-12-23-54,51-55-24-13-8-14-25-55)64-46-66(84)72(92(98)99)48-70(64)86(76)5)88(68-40-36-58-34-38-60(90(94)95)44-62(58)78(68)80)42-21-43-89-69-41-37-59-35-39-61(91(96)97)45-63(59)79(69)81(3,4)75(89)31-20-33-77-83(52-56-26-15-9-16-27-56,53-57-28-17-10-18-29-57)65-47-67(85)73(93(100)101)49-71(65)87(77)6;;/h7-20,22-41,44-49H,21,42-43,50-53H2,1-6H3;2*1H/q+2;;/p-2. The van der Waals surface area contributed by atoms with E-state index in [0.29, 0.717) is 54.1 Å². The van der Waals surface area contributed by atoms with E-state index in [9.17, 15) is 40.5 Å². The summed E-state index contributed by atoms with van der Waals surface area (Å²) in [6.45, 7) is 9.68. The monoisotopic (exact) mass is 1620 g/mol. The Bertz CT molecular complexity index is 4900. The molecule has 0 saturated heterocycles. The summed E-state index contributed by atoms with van der Waals surface area (Å²) in [5.74, 6) is 0. The van der Waals surface area contributed by atoms with Crippen molar-refractivity contribution in [2.75, 3.05) is 37.0 Å². The van der Waals surface area contributed by atoms with Crippen LogP contribution in [0.4, 0.5) is 45.5 Å². The van der Waals surface area contributed by atoms with Crippen LogP contribution in [0.3, 0.4) is 0 Å². The molecule has 0 N–H and O–H groups in total. The average Bonchev–Trinajstić information content (AvgIpc) is 1.57. The van der Waals surface area contributed by atoms with Gasteiger partial charge in [-0.05, 0) is 189 Å². The summed E-state index contributed by atoms with van der Waals surface area (Å²) in [7, 11) is 3.96. The highest BCUT2D eigenvalue weighted by molar-refractivity contribution is 9.11. The van der Waals surface area contributed by atoms with Crippen molar-refractivity contribution in [2.24, 2.45) is 0 Å². The van der Waals surface area contributed by atoms with E-state index in [-0.39, 0.29) is 76.4 Å². The van der Waals surface area contributed by atoms with Gasteiger partial charge in [0.25, 0.3) is 22.7 Å². The van der Waals surface area contributed by atoms with Crippen LogP contribution >= 0.6 is 31.9 Å². The Balaban J connectivity index is 0.00000500. The lowest BCUT2D eigenvalue weighted by atomic mass is 9.70. The van der Waals surface area contributed by atoms with Gasteiger partial charge in [-0.2, -0.15) is 9.15 Å². The van der Waals surface area contributed by atoms with Crippen molar-refractivity contribution in [1.82, 2.24) is 0 Å². The lowest BCUT2D eigenvalue weighted by Crippen LogP contribution is -3.00. The first-order valence-electron chi connectivity index (χ1n) is 33.6. The van der Waals surface area contributed by atoms with Crippen molar-refractivity contribution in [3.8, 4) is 0 Å². The first kappa shape index (κ1) is 72.9. The summed E-state index contributed by atoms with van der Waals surface area (Å²) in [5, 5.41) is 53.7. The van der Waals surface area contributed by atoms with Crippen molar-refractivity contribution < 1.29 is 62.8 Å². The minimum Gasteiger partial charge on any atom is -1.00 e. The molecule has 16 nitrogen and oxygen atoms in total. The van der Waals surface area contributed by atoms with Crippen molar-refractivity contribution in [3.63, 3.8) is 0 Å². The molecule has 0 atom stereocenters. The molecule has 4 heterocycles. The molecule has 103 heavy (non-hydrogen) atoms. The van der Waals surface area contributed by atoms with E-state index in [1.807, 2.05) is 123 Å². The molecule has 10 aromatic carbocycles. The highest BCUT2D eigenvalue weighted by Gasteiger charge is 2.52. The Hall–Kier alpha value is -9.86. The first-order chi connectivity index (χ1) is 48.5. The molecule has 0 bridgehead atoms. The highest BCUT2D eigenvalue weighted by atomic mass is 79.9. The van der Waals surface area contributed by atoms with Gasteiger partial charge in [0.05, 0.1) is 57.3 Å². The topological polar surface area (TPSA) is 185 Å². The molecule has 520 valence electrons. The van der Waals surface area contributed by atoms with Gasteiger partial charge in [-0.3, -0.25) is 40.5 Å². The number of rotatable bonds is 20. The molecular formula is C83H72Br4N8O8. The lowest BCUT2D eigenvalue weighted by Gasteiger charge is -2.33. The summed E-state index contributed by atoms with van der Waals surface area (Å²) in [5.41, 5.74) is 12.4. The molecule has 0 saturated carbocycles. The smallest absolute Gasteiger partial charge is 0.285 e. The summed E-state index contributed by atoms with van der Waals surface area (Å²) in [6, 6.07) is 66.9. The normalized spacial score (nSPS) is 16.5. The number of benzene rings is 10. The molecule has 0 radical (unpaired) electrons. The quantitative estimate of drug-likeness (QED) is 0.0404. The minimum absolute atomic E-state index is 0. The van der Waals surface area contributed by atoms with Crippen molar-refractivity contribution in [2.45, 2.75) is 81.5 Å². The Morgan fingerprint density at radius 1 is 0.427 bits per heavy atom. The number of non-ortho nitro benzene ring substituents is 2. The third-order valence-electron chi connectivity index (χ3n) is 21.2. The van der Waals surface area contributed by atoms with Crippen LogP contribution in [0.2, 0.25) is 0 Å². The molecule has 4 aliphatic rings. The zero-order valence-corrected chi connectivity index (χ0v) is 63.7. The van der Waals surface area contributed by atoms with Gasteiger partial charge in [0, 0.05) is 108 Å². The van der Waals surface area contributed by atoms with Crippen LogP contribution < -0.4 is 43.8 Å². The van der Waals surface area contributed by atoms with Gasteiger partial charge in [0.15, 0.2) is 24.5 Å². The number of fused-ring (bicyclic) bond motifs is 8. The van der Waals surface area contributed by atoms with Crippen LogP contribution in [0.5, 0.6) is 0 Å². The maximum absolute atomic E-state index is 12.6. The van der Waals surface area contributed by atoms with Gasteiger partial charge in [-0.15, -0.1) is 0 Å². The summed E-state index contributed by atoms with van der Waals surface area (Å²) in [6.07, 6.45) is 15.7. The number of nitrogens with zero attached hydrogens (tertiary/aromatic N) is 8. The molecule has 0 fully saturated rings. The number of nitro benzene ring substituents is 4. The Morgan fingerprint density at radius 2 is 0.748 bits per heavy atom. The zero-order valence-electron chi connectivity index (χ0n) is 57.4. The third-order valence-corrected chi connectivity index (χ3v) is 22.5. The van der Waals surface area contributed by atoms with Gasteiger partial charge in [0.2, 0.25) is 11.4 Å². The van der Waals surface area contributed by atoms with Crippen LogP contribution in [0, 0.1) is 40.5 Å². The number of hydrogen-bond acceptors (Lipinski definition) is 10. The van der Waals surface area contributed by atoms with Crippen LogP contribution in [0.25, 0.3) is 21.5 Å². The third kappa shape index (κ3) is 13.0. The molecular weight excluding hydrogens is 1560 g/mol. The number of likely N-dealkylation sites (N-methyl/N-ethyl adjacent to an activating group) is 2. The zero-order chi connectivity index (χ0) is 70.9. The Morgan fingerprint density at radius 3 is 1.06 bits per heavy atom. The predicted molar refractivity (Wildman–Crippen MR) is 408 cm³/mol. The Kier molecular flexibility index (Phi) is 20.4. The van der Waals surface area contributed by atoms with Gasteiger partial charge >= 0.3 is 0 Å². The fraction of sp³-hybridized carbons (Fsp3) is 0.205. The van der Waals surface area contributed by atoms with Gasteiger partial charge in [-0.25, -0.2) is 0 Å². The second kappa shape index (κ2) is 28.8. The van der Waals surface area contributed by atoms with E-state index in [4.69, 9.17) is 0 Å². The largest absolute Gasteiger partial charge is 1.00 e. The van der Waals surface area contributed by atoms with Gasteiger partial charge in [-0.1, -0.05) is 133 Å². The average molecular weight is 1630 g/mol. The molecule has 0 aromatic heterocycles. The number of halogens is 4. The van der Waals surface area contributed by atoms with E-state index < -0.39 is 21.7 Å². The van der Waals surface area contributed by atoms with E-state index in [0.717, 1.165) is 112 Å². The SMILES string of the molecule is CN1/C(=C/C=C/C2=[N+](CCC[N+]3=C(/C=C/C=C4/N(C)c5cc([N+](=O)[O-])c(Br)cc5C4(Cc4ccccc4)Cc4ccccc4)C(C)(C)c4c3ccc3ccc([N+](=O)[O-])cc43)c3ccc4ccc([N+](=O)[O-])cc4c3C2(C)C)C(Cc2ccccc2)(Cc2ccccc2)c2cc(Br)c([N+](=O)[O-])cc21.[Br-].[Br-]. The van der Waals surface area contributed by atoms with Gasteiger partial charge in [0.1, 0.15) is 0 Å². The van der Waals surface area contributed by atoms with Crippen LogP contribution in [-0.2, 0) is 47.3 Å². The second-order valence-corrected chi connectivity index (χ2v) is 29.5. The number of hydrogen-bond donors (Lipinski definition) is 0. The number of anilines is 2. The first-order valence-corrected chi connectivity index (χ1v) is 35.2. The fourth-order valence-corrected chi connectivity index (χ4v) is 17.7. The molecule has 0 spiro atoms. The highest BCUT2D eigenvalue weighted by Crippen LogP contribution is 2.56. The van der Waals surface area contributed by atoms with E-state index in [2.05, 4.69) is 176 Å². The molecule has 20 heteroatoms. The van der Waals surface area contributed by atoms with E-state index >= 15 is 0 Å². The molecule has 4 aliphatic heterocycles. The maximum Gasteiger partial charge on any atom is 0.285 e. The molecule has 14 rings (SSSR count). The van der Waals surface area contributed by atoms with E-state index in [1.165, 1.54) is 0 Å². The van der Waals surface area contributed by atoms with Crippen molar-refractivity contribution in [3.05, 3.63) is 348 Å². The van der Waals surface area contributed by atoms with E-state index in [1.54, 1.807) is 36.4 Å². The molecule has 0 aliphatic carbocycles. The molecule has 0 unspecified atom stereocenters. The minimum atomic E-state index is -0.714. The Labute approximate surface area is 634 Å². The number of nitro groups is 4.